The van der Waals surface area contributed by atoms with Crippen molar-refractivity contribution in [3.8, 4) is 0 Å². The zero-order valence-corrected chi connectivity index (χ0v) is 22.0. The summed E-state index contributed by atoms with van der Waals surface area (Å²) in [5.41, 5.74) is 0. The molecule has 4 rings (SSSR count). The van der Waals surface area contributed by atoms with Gasteiger partial charge in [0, 0.05) is 52.4 Å². The quantitative estimate of drug-likeness (QED) is 0.337. The molecule has 2 saturated heterocycles. The third-order valence-corrected chi connectivity index (χ3v) is 6.98. The number of nitrogens with zero attached hydrogens (tertiary/aromatic N) is 7. The van der Waals surface area contributed by atoms with Crippen LogP contribution in [0, 0.1) is 6.92 Å². The molecule has 0 radical (unpaired) electrons. The number of piperazine rings is 1. The molecule has 1 amide bonds. The van der Waals surface area contributed by atoms with Crippen molar-refractivity contribution in [3.63, 3.8) is 0 Å². The highest BCUT2D eigenvalue weighted by atomic mass is 127. The van der Waals surface area contributed by atoms with Gasteiger partial charge in [0.25, 0.3) is 0 Å². The highest BCUT2D eigenvalue weighted by Crippen LogP contribution is 2.18. The number of aryl methyl sites for hydroxylation is 1. The van der Waals surface area contributed by atoms with Gasteiger partial charge in [-0.05, 0) is 39.0 Å². The molecular weight excluding hydrogens is 519 g/mol. The zero-order chi connectivity index (χ0) is 21.6. The van der Waals surface area contributed by atoms with E-state index in [1.54, 1.807) is 0 Å². The number of rotatable bonds is 5. The summed E-state index contributed by atoms with van der Waals surface area (Å²) in [6.45, 7) is 8.48. The van der Waals surface area contributed by atoms with E-state index in [1.165, 1.54) is 32.1 Å². The van der Waals surface area contributed by atoms with Crippen LogP contribution in [0.15, 0.2) is 4.99 Å². The number of piperidine rings is 1. The summed E-state index contributed by atoms with van der Waals surface area (Å²) < 4.78 is 2.00. The lowest BCUT2D eigenvalue weighted by atomic mass is 10.1. The molecule has 0 aromatic carbocycles. The summed E-state index contributed by atoms with van der Waals surface area (Å²) in [6, 6.07) is 0.513. The lowest BCUT2D eigenvalue weighted by Gasteiger charge is -2.38. The topological polar surface area (TPSA) is 81.9 Å². The maximum absolute atomic E-state index is 12.6. The van der Waals surface area contributed by atoms with Crippen molar-refractivity contribution in [1.82, 2.24) is 34.8 Å². The Morgan fingerprint density at radius 3 is 2.28 bits per heavy atom. The third kappa shape index (κ3) is 6.55. The molecule has 0 atom stereocenters. The first-order valence-electron chi connectivity index (χ1n) is 12.0. The van der Waals surface area contributed by atoms with E-state index in [9.17, 15) is 4.79 Å². The SMILES string of the molecule is Cc1nnc(CN=C(NC2CCCC2)N2CCN(CC(=O)N3CCCCC3)CC2)n1C.I. The van der Waals surface area contributed by atoms with E-state index in [0.29, 0.717) is 25.0 Å². The largest absolute Gasteiger partial charge is 0.353 e. The van der Waals surface area contributed by atoms with Gasteiger partial charge in [-0.15, -0.1) is 34.2 Å². The molecule has 0 unspecified atom stereocenters. The average molecular weight is 559 g/mol. The summed E-state index contributed by atoms with van der Waals surface area (Å²) in [7, 11) is 1.99. The monoisotopic (exact) mass is 558 g/mol. The normalized spacial score (nSPS) is 21.0. The number of likely N-dealkylation sites (tertiary alicyclic amines) is 1. The number of halogens is 1. The first kappa shape index (κ1) is 25.2. The van der Waals surface area contributed by atoms with Gasteiger partial charge in [-0.25, -0.2) is 4.99 Å². The molecule has 1 aliphatic carbocycles. The Hall–Kier alpha value is -1.43. The van der Waals surface area contributed by atoms with E-state index in [4.69, 9.17) is 4.99 Å². The summed E-state index contributed by atoms with van der Waals surface area (Å²) in [5.74, 6) is 3.06. The van der Waals surface area contributed by atoms with Gasteiger partial charge in [-0.2, -0.15) is 0 Å². The van der Waals surface area contributed by atoms with Gasteiger partial charge in [0.1, 0.15) is 12.4 Å². The minimum Gasteiger partial charge on any atom is -0.353 e. The van der Waals surface area contributed by atoms with E-state index in [-0.39, 0.29) is 24.0 Å². The van der Waals surface area contributed by atoms with Gasteiger partial charge in [-0.3, -0.25) is 9.69 Å². The smallest absolute Gasteiger partial charge is 0.236 e. The van der Waals surface area contributed by atoms with E-state index in [0.717, 1.165) is 69.7 Å². The Kier molecular flexibility index (Phi) is 9.57. The Bertz CT molecular complexity index is 762. The second-order valence-corrected chi connectivity index (χ2v) is 9.19. The van der Waals surface area contributed by atoms with Gasteiger partial charge in [0.05, 0.1) is 6.54 Å². The van der Waals surface area contributed by atoms with Crippen LogP contribution in [0.1, 0.15) is 56.6 Å². The van der Waals surface area contributed by atoms with Crippen molar-refractivity contribution >= 4 is 35.8 Å². The number of nitrogens with one attached hydrogen (secondary N) is 1. The predicted molar refractivity (Wildman–Crippen MR) is 136 cm³/mol. The molecule has 3 aliphatic rings. The molecule has 1 N–H and O–H groups in total. The molecule has 32 heavy (non-hydrogen) atoms. The van der Waals surface area contributed by atoms with Crippen molar-refractivity contribution in [2.45, 2.75) is 64.5 Å². The van der Waals surface area contributed by atoms with Crippen molar-refractivity contribution in [2.24, 2.45) is 12.0 Å². The Labute approximate surface area is 209 Å². The minimum absolute atomic E-state index is 0. The van der Waals surface area contributed by atoms with E-state index in [2.05, 4.69) is 25.3 Å². The molecule has 1 aromatic rings. The van der Waals surface area contributed by atoms with Crippen LogP contribution < -0.4 is 5.32 Å². The van der Waals surface area contributed by atoms with Gasteiger partial charge in [0.15, 0.2) is 11.8 Å². The van der Waals surface area contributed by atoms with Gasteiger partial charge in [0.2, 0.25) is 5.91 Å². The molecule has 1 saturated carbocycles. The van der Waals surface area contributed by atoms with Gasteiger partial charge >= 0.3 is 0 Å². The number of guanidine groups is 1. The molecule has 3 heterocycles. The summed E-state index contributed by atoms with van der Waals surface area (Å²) >= 11 is 0. The summed E-state index contributed by atoms with van der Waals surface area (Å²) in [4.78, 5) is 24.3. The molecule has 1 aromatic heterocycles. The molecule has 0 spiro atoms. The fraction of sp³-hybridized carbons (Fsp3) is 0.818. The summed E-state index contributed by atoms with van der Waals surface area (Å²) in [5, 5.41) is 12.1. The lowest BCUT2D eigenvalue weighted by Crippen LogP contribution is -2.55. The molecule has 180 valence electrons. The van der Waals surface area contributed by atoms with Crippen molar-refractivity contribution in [3.05, 3.63) is 11.6 Å². The number of amides is 1. The van der Waals surface area contributed by atoms with Crippen LogP contribution in [0.25, 0.3) is 0 Å². The third-order valence-electron chi connectivity index (χ3n) is 6.98. The fourth-order valence-corrected chi connectivity index (χ4v) is 4.78. The molecule has 10 heteroatoms. The standard InChI is InChI=1S/C22H38N8O.HI/c1-18-25-26-20(27(18)2)16-23-22(24-19-8-4-5-9-19)30-14-12-28(13-15-30)17-21(31)29-10-6-3-7-11-29;/h19H,3-17H2,1-2H3,(H,23,24);1H. The molecule has 9 nitrogen and oxygen atoms in total. The number of hydrogen-bond donors (Lipinski definition) is 1. The molecular formula is C22H39IN8O. The number of aromatic nitrogens is 3. The second-order valence-electron chi connectivity index (χ2n) is 9.19. The highest BCUT2D eigenvalue weighted by molar-refractivity contribution is 14.0. The van der Waals surface area contributed by atoms with Crippen LogP contribution >= 0.6 is 24.0 Å². The first-order chi connectivity index (χ1) is 15.1. The molecule has 2 aliphatic heterocycles. The van der Waals surface area contributed by atoms with Crippen LogP contribution in [0.4, 0.5) is 0 Å². The number of aliphatic imine (C=N–C) groups is 1. The highest BCUT2D eigenvalue weighted by Gasteiger charge is 2.26. The number of hydrogen-bond acceptors (Lipinski definition) is 5. The minimum atomic E-state index is 0. The van der Waals surface area contributed by atoms with Crippen LogP contribution in [0.3, 0.4) is 0 Å². The number of carbonyl (C=O) groups is 1. The number of carbonyl (C=O) groups excluding carboxylic acids is 1. The Morgan fingerprint density at radius 2 is 1.66 bits per heavy atom. The van der Waals surface area contributed by atoms with Gasteiger partial charge in [-0.1, -0.05) is 12.8 Å². The van der Waals surface area contributed by atoms with Crippen LogP contribution in [-0.2, 0) is 18.4 Å². The van der Waals surface area contributed by atoms with E-state index >= 15 is 0 Å². The second kappa shape index (κ2) is 12.2. The molecule has 3 fully saturated rings. The van der Waals surface area contributed by atoms with Crippen LogP contribution in [0.5, 0.6) is 0 Å². The fourth-order valence-electron chi connectivity index (χ4n) is 4.78. The van der Waals surface area contributed by atoms with Gasteiger partial charge < -0.3 is 19.7 Å². The Balaban J connectivity index is 0.00000289. The van der Waals surface area contributed by atoms with Crippen molar-refractivity contribution in [1.29, 1.82) is 0 Å². The summed E-state index contributed by atoms with van der Waals surface area (Å²) in [6.07, 6.45) is 8.57. The Morgan fingerprint density at radius 1 is 0.969 bits per heavy atom. The average Bonchev–Trinajstić information content (AvgIpc) is 3.42. The lowest BCUT2D eigenvalue weighted by molar-refractivity contribution is -0.133. The van der Waals surface area contributed by atoms with E-state index < -0.39 is 0 Å². The first-order valence-corrected chi connectivity index (χ1v) is 12.0. The van der Waals surface area contributed by atoms with Crippen LogP contribution in [0.2, 0.25) is 0 Å². The molecule has 0 bridgehead atoms. The predicted octanol–water partition coefficient (Wildman–Crippen LogP) is 1.76. The maximum atomic E-state index is 12.6. The van der Waals surface area contributed by atoms with E-state index in [1.807, 2.05) is 23.4 Å². The van der Waals surface area contributed by atoms with Crippen molar-refractivity contribution < 1.29 is 4.79 Å². The van der Waals surface area contributed by atoms with Crippen LogP contribution in [-0.4, -0.2) is 93.2 Å². The maximum Gasteiger partial charge on any atom is 0.236 e. The zero-order valence-electron chi connectivity index (χ0n) is 19.6. The van der Waals surface area contributed by atoms with Crippen molar-refractivity contribution in [2.75, 3.05) is 45.8 Å².